The van der Waals surface area contributed by atoms with E-state index >= 15 is 0 Å². The molecule has 0 amide bonds. The molecule has 0 saturated carbocycles. The minimum absolute atomic E-state index is 0.792. The van der Waals surface area contributed by atoms with Gasteiger partial charge >= 0.3 is 0 Å². The molecule has 0 fully saturated rings. The fourth-order valence-electron chi connectivity index (χ4n) is 2.29. The van der Waals surface area contributed by atoms with Crippen LogP contribution in [0.5, 0.6) is 0 Å². The number of aryl methyl sites for hydroxylation is 1. The zero-order chi connectivity index (χ0) is 12.5. The average molecular weight is 260 g/mol. The Morgan fingerprint density at radius 3 is 2.94 bits per heavy atom. The Bertz CT molecular complexity index is 681. The van der Waals surface area contributed by atoms with E-state index in [0.29, 0.717) is 0 Å². The Hall–Kier alpha value is -1.74. The van der Waals surface area contributed by atoms with Crippen molar-refractivity contribution in [2.24, 2.45) is 0 Å². The van der Waals surface area contributed by atoms with E-state index < -0.39 is 0 Å². The summed E-state index contributed by atoms with van der Waals surface area (Å²) in [4.78, 5) is 4.19. The predicted octanol–water partition coefficient (Wildman–Crippen LogP) is 3.56. The van der Waals surface area contributed by atoms with E-state index in [1.54, 1.807) is 0 Å². The Kier molecular flexibility index (Phi) is 2.84. The standard InChI is InChI=1S/C14H14ClN3/c1-2-17-10-16-8-12(17)9-18-7-6-11-4-3-5-13(15)14(11)18/h3-8,10H,2,9H2,1H3. The summed E-state index contributed by atoms with van der Waals surface area (Å²) < 4.78 is 4.31. The molecular weight excluding hydrogens is 246 g/mol. The highest BCUT2D eigenvalue weighted by molar-refractivity contribution is 6.35. The van der Waals surface area contributed by atoms with Crippen LogP contribution >= 0.6 is 11.6 Å². The van der Waals surface area contributed by atoms with Crippen molar-refractivity contribution in [1.29, 1.82) is 0 Å². The number of nitrogens with zero attached hydrogens (tertiary/aromatic N) is 3. The third-order valence-corrected chi connectivity index (χ3v) is 3.52. The first-order valence-electron chi connectivity index (χ1n) is 6.02. The molecule has 1 aromatic carbocycles. The molecule has 18 heavy (non-hydrogen) atoms. The molecule has 0 radical (unpaired) electrons. The summed E-state index contributed by atoms with van der Waals surface area (Å²) in [5.41, 5.74) is 2.28. The number of halogens is 1. The molecule has 0 bridgehead atoms. The first-order valence-corrected chi connectivity index (χ1v) is 6.39. The molecule has 0 unspecified atom stereocenters. The largest absolute Gasteiger partial charge is 0.340 e. The van der Waals surface area contributed by atoms with Gasteiger partial charge in [0.2, 0.25) is 0 Å². The van der Waals surface area contributed by atoms with E-state index in [9.17, 15) is 0 Å². The SMILES string of the molecule is CCn1cncc1Cn1ccc2cccc(Cl)c21. The third-order valence-electron chi connectivity index (χ3n) is 3.21. The van der Waals surface area contributed by atoms with E-state index in [-0.39, 0.29) is 0 Å². The number of hydrogen-bond acceptors (Lipinski definition) is 1. The lowest BCUT2D eigenvalue weighted by atomic mass is 10.2. The van der Waals surface area contributed by atoms with Gasteiger partial charge in [0.25, 0.3) is 0 Å². The molecule has 0 atom stereocenters. The van der Waals surface area contributed by atoms with Gasteiger partial charge in [-0.3, -0.25) is 0 Å². The predicted molar refractivity (Wildman–Crippen MR) is 74.0 cm³/mol. The first-order chi connectivity index (χ1) is 8.79. The third kappa shape index (κ3) is 1.81. The van der Waals surface area contributed by atoms with Crippen LogP contribution in [-0.4, -0.2) is 14.1 Å². The Morgan fingerprint density at radius 1 is 1.22 bits per heavy atom. The minimum Gasteiger partial charge on any atom is -0.340 e. The molecule has 0 aliphatic carbocycles. The van der Waals surface area contributed by atoms with Gasteiger partial charge in [-0.05, 0) is 19.1 Å². The van der Waals surface area contributed by atoms with Crippen molar-refractivity contribution in [3.05, 3.63) is 53.7 Å². The summed E-state index contributed by atoms with van der Waals surface area (Å²) in [6.45, 7) is 3.84. The van der Waals surface area contributed by atoms with Gasteiger partial charge in [0.1, 0.15) is 0 Å². The summed E-state index contributed by atoms with van der Waals surface area (Å²) >= 11 is 6.27. The van der Waals surface area contributed by atoms with Crippen LogP contribution < -0.4 is 0 Å². The number of aromatic nitrogens is 3. The van der Waals surface area contributed by atoms with Crippen molar-refractivity contribution < 1.29 is 0 Å². The maximum Gasteiger partial charge on any atom is 0.0948 e. The van der Waals surface area contributed by atoms with Gasteiger partial charge in [0, 0.05) is 24.3 Å². The number of fused-ring (bicyclic) bond motifs is 1. The number of rotatable bonds is 3. The van der Waals surface area contributed by atoms with Gasteiger partial charge in [-0.1, -0.05) is 23.7 Å². The normalized spacial score (nSPS) is 11.2. The Morgan fingerprint density at radius 2 is 2.11 bits per heavy atom. The molecule has 0 aliphatic rings. The van der Waals surface area contributed by atoms with Crippen molar-refractivity contribution in [2.75, 3.05) is 0 Å². The van der Waals surface area contributed by atoms with Crippen LogP contribution in [-0.2, 0) is 13.1 Å². The van der Waals surface area contributed by atoms with Crippen molar-refractivity contribution >= 4 is 22.5 Å². The molecular formula is C14H14ClN3. The van der Waals surface area contributed by atoms with Crippen molar-refractivity contribution in [2.45, 2.75) is 20.0 Å². The van der Waals surface area contributed by atoms with Crippen LogP contribution in [0.15, 0.2) is 43.0 Å². The average Bonchev–Trinajstić information content (AvgIpc) is 2.97. The summed E-state index contributed by atoms with van der Waals surface area (Å²) in [7, 11) is 0. The second-order valence-corrected chi connectivity index (χ2v) is 4.70. The second kappa shape index (κ2) is 4.50. The number of benzene rings is 1. The highest BCUT2D eigenvalue weighted by Crippen LogP contribution is 2.25. The van der Waals surface area contributed by atoms with Gasteiger partial charge in [0.05, 0.1) is 29.1 Å². The molecule has 4 heteroatoms. The zero-order valence-electron chi connectivity index (χ0n) is 10.2. The summed E-state index contributed by atoms with van der Waals surface area (Å²) in [5, 5.41) is 1.96. The second-order valence-electron chi connectivity index (χ2n) is 4.29. The lowest BCUT2D eigenvalue weighted by Crippen LogP contribution is -2.05. The van der Waals surface area contributed by atoms with Gasteiger partial charge in [-0.25, -0.2) is 4.98 Å². The lowest BCUT2D eigenvalue weighted by molar-refractivity contribution is 0.679. The monoisotopic (exact) mass is 259 g/mol. The number of imidazole rings is 1. The highest BCUT2D eigenvalue weighted by atomic mass is 35.5. The molecule has 3 rings (SSSR count). The van der Waals surface area contributed by atoms with Crippen LogP contribution in [0.2, 0.25) is 5.02 Å². The molecule has 0 aliphatic heterocycles. The molecule has 92 valence electrons. The summed E-state index contributed by atoms with van der Waals surface area (Å²) in [6, 6.07) is 8.07. The number of hydrogen-bond donors (Lipinski definition) is 0. The van der Waals surface area contributed by atoms with E-state index in [0.717, 1.165) is 23.6 Å². The van der Waals surface area contributed by atoms with Crippen LogP contribution in [0.1, 0.15) is 12.6 Å². The number of para-hydroxylation sites is 1. The van der Waals surface area contributed by atoms with Crippen LogP contribution in [0, 0.1) is 0 Å². The molecule has 3 nitrogen and oxygen atoms in total. The van der Waals surface area contributed by atoms with Gasteiger partial charge < -0.3 is 9.13 Å². The minimum atomic E-state index is 0.792. The molecule has 2 aromatic heterocycles. The van der Waals surface area contributed by atoms with E-state index in [4.69, 9.17) is 11.6 Å². The topological polar surface area (TPSA) is 22.8 Å². The maximum absolute atomic E-state index is 6.27. The van der Waals surface area contributed by atoms with Gasteiger partial charge in [-0.15, -0.1) is 0 Å². The summed E-state index contributed by atoms with van der Waals surface area (Å²) in [6.07, 6.45) is 5.85. The Labute approximate surface area is 111 Å². The van der Waals surface area contributed by atoms with Crippen molar-refractivity contribution in [1.82, 2.24) is 14.1 Å². The first kappa shape index (κ1) is 11.4. The summed E-state index contributed by atoms with van der Waals surface area (Å²) in [5.74, 6) is 0. The Balaban J connectivity index is 2.05. The van der Waals surface area contributed by atoms with E-state index in [1.807, 2.05) is 24.7 Å². The maximum atomic E-state index is 6.27. The molecule has 2 heterocycles. The van der Waals surface area contributed by atoms with Crippen LogP contribution in [0.4, 0.5) is 0 Å². The van der Waals surface area contributed by atoms with Crippen LogP contribution in [0.3, 0.4) is 0 Å². The van der Waals surface area contributed by atoms with Gasteiger partial charge in [-0.2, -0.15) is 0 Å². The lowest BCUT2D eigenvalue weighted by Gasteiger charge is -2.08. The molecule has 0 spiro atoms. The fourth-order valence-corrected chi connectivity index (χ4v) is 2.58. The fraction of sp³-hybridized carbons (Fsp3) is 0.214. The van der Waals surface area contributed by atoms with E-state index in [1.165, 1.54) is 11.1 Å². The highest BCUT2D eigenvalue weighted by Gasteiger charge is 2.07. The molecule has 0 saturated heterocycles. The zero-order valence-corrected chi connectivity index (χ0v) is 10.9. The smallest absolute Gasteiger partial charge is 0.0948 e. The molecule has 0 N–H and O–H groups in total. The van der Waals surface area contributed by atoms with Crippen molar-refractivity contribution in [3.63, 3.8) is 0 Å². The van der Waals surface area contributed by atoms with Crippen LogP contribution in [0.25, 0.3) is 10.9 Å². The van der Waals surface area contributed by atoms with Gasteiger partial charge in [0.15, 0.2) is 0 Å². The van der Waals surface area contributed by atoms with E-state index in [2.05, 4.69) is 39.4 Å². The quantitative estimate of drug-likeness (QED) is 0.705. The van der Waals surface area contributed by atoms with Crippen molar-refractivity contribution in [3.8, 4) is 0 Å². The molecule has 3 aromatic rings.